The number of carbonyl (C=O) groups is 1. The average molecular weight is 428 g/mol. The number of amides is 1. The number of hydrogen-bond acceptors (Lipinski definition) is 6. The van der Waals surface area contributed by atoms with Crippen molar-refractivity contribution in [2.24, 2.45) is 0 Å². The van der Waals surface area contributed by atoms with Gasteiger partial charge in [0.1, 0.15) is 5.60 Å². The zero-order valence-corrected chi connectivity index (χ0v) is 18.2. The molecule has 1 heterocycles. The fraction of sp³-hybridized carbons (Fsp3) is 0.261. The van der Waals surface area contributed by atoms with Crippen LogP contribution in [0.2, 0.25) is 0 Å². The van der Waals surface area contributed by atoms with Crippen molar-refractivity contribution in [2.45, 2.75) is 12.5 Å². The van der Waals surface area contributed by atoms with Crippen LogP contribution in [0.5, 0.6) is 17.2 Å². The average Bonchev–Trinajstić information content (AvgIpc) is 3.20. The summed E-state index contributed by atoms with van der Waals surface area (Å²) in [6, 6.07) is 13.4. The molecule has 1 aromatic heterocycles. The number of benzene rings is 2. The maximum Gasteiger partial charge on any atom is 0.244 e. The minimum absolute atomic E-state index is 0.0955. The second-order valence-electron chi connectivity index (χ2n) is 6.93. The zero-order chi connectivity index (χ0) is 21.7. The van der Waals surface area contributed by atoms with Crippen LogP contribution in [0.1, 0.15) is 17.4 Å². The molecule has 0 fully saturated rings. The maximum atomic E-state index is 12.3. The summed E-state index contributed by atoms with van der Waals surface area (Å²) in [5.41, 5.74) is -0.448. The van der Waals surface area contributed by atoms with Crippen molar-refractivity contribution in [1.82, 2.24) is 5.32 Å². The van der Waals surface area contributed by atoms with Crippen molar-refractivity contribution < 1.29 is 24.1 Å². The van der Waals surface area contributed by atoms with E-state index >= 15 is 0 Å². The van der Waals surface area contributed by atoms with Crippen LogP contribution in [0.4, 0.5) is 0 Å². The Morgan fingerprint density at radius 1 is 1.10 bits per heavy atom. The van der Waals surface area contributed by atoms with E-state index in [4.69, 9.17) is 14.2 Å². The summed E-state index contributed by atoms with van der Waals surface area (Å²) in [6.45, 7) is 1.79. The molecule has 158 valence electrons. The van der Waals surface area contributed by atoms with E-state index in [1.807, 2.05) is 30.3 Å². The van der Waals surface area contributed by atoms with Gasteiger partial charge in [0.2, 0.25) is 11.7 Å². The highest BCUT2D eigenvalue weighted by Crippen LogP contribution is 2.38. The highest BCUT2D eigenvalue weighted by molar-refractivity contribution is 7.19. The first kappa shape index (κ1) is 21.7. The Hall–Kier alpha value is -3.03. The van der Waals surface area contributed by atoms with E-state index in [0.29, 0.717) is 17.2 Å². The summed E-state index contributed by atoms with van der Waals surface area (Å²) < 4.78 is 17.0. The molecule has 30 heavy (non-hydrogen) atoms. The molecule has 0 aliphatic rings. The lowest BCUT2D eigenvalue weighted by molar-refractivity contribution is -0.117. The van der Waals surface area contributed by atoms with Gasteiger partial charge in [0.05, 0.1) is 27.9 Å². The largest absolute Gasteiger partial charge is 0.493 e. The summed E-state index contributed by atoms with van der Waals surface area (Å²) in [5, 5.41) is 14.7. The second kappa shape index (κ2) is 9.19. The van der Waals surface area contributed by atoms with E-state index in [0.717, 1.165) is 20.5 Å². The van der Waals surface area contributed by atoms with Crippen molar-refractivity contribution in [2.75, 3.05) is 27.9 Å². The Morgan fingerprint density at radius 2 is 1.77 bits per heavy atom. The van der Waals surface area contributed by atoms with Crippen LogP contribution in [0.3, 0.4) is 0 Å². The zero-order valence-electron chi connectivity index (χ0n) is 17.4. The molecule has 6 nitrogen and oxygen atoms in total. The van der Waals surface area contributed by atoms with Gasteiger partial charge in [-0.1, -0.05) is 18.2 Å². The fourth-order valence-corrected chi connectivity index (χ4v) is 4.13. The molecule has 7 heteroatoms. The first-order chi connectivity index (χ1) is 14.4. The Kier molecular flexibility index (Phi) is 6.64. The summed E-state index contributed by atoms with van der Waals surface area (Å²) in [6.07, 6.45) is 3.05. The number of aliphatic hydroxyl groups is 1. The first-order valence-electron chi connectivity index (χ1n) is 9.35. The van der Waals surface area contributed by atoms with Crippen LogP contribution in [0.25, 0.3) is 16.2 Å². The highest BCUT2D eigenvalue weighted by atomic mass is 32.1. The molecule has 0 aliphatic carbocycles. The standard InChI is InChI=1S/C23H25NO5S/c1-23(26,20-13-16-7-5-6-8-19(16)30-20)14-24-21(25)10-9-15-11-17(27-2)22(29-4)18(12-15)28-3/h5-13,26H,14H2,1-4H3,(H,24,25)/b10-9+. The summed E-state index contributed by atoms with van der Waals surface area (Å²) in [5.74, 6) is 1.18. The lowest BCUT2D eigenvalue weighted by Crippen LogP contribution is -2.37. The molecule has 2 aromatic carbocycles. The number of fused-ring (bicyclic) bond motifs is 1. The highest BCUT2D eigenvalue weighted by Gasteiger charge is 2.25. The van der Waals surface area contributed by atoms with Crippen molar-refractivity contribution in [3.63, 3.8) is 0 Å². The van der Waals surface area contributed by atoms with Gasteiger partial charge < -0.3 is 24.6 Å². The van der Waals surface area contributed by atoms with Crippen LogP contribution in [-0.4, -0.2) is 38.9 Å². The monoisotopic (exact) mass is 427 g/mol. The third-order valence-electron chi connectivity index (χ3n) is 4.68. The van der Waals surface area contributed by atoms with Crippen LogP contribution in [0, 0.1) is 0 Å². The van der Waals surface area contributed by atoms with Crippen molar-refractivity contribution in [3.05, 3.63) is 59.0 Å². The molecule has 0 aliphatic heterocycles. The lowest BCUT2D eigenvalue weighted by Gasteiger charge is -2.21. The molecule has 2 N–H and O–H groups in total. The number of methoxy groups -OCH3 is 3. The molecular weight excluding hydrogens is 402 g/mol. The molecule has 0 saturated carbocycles. The van der Waals surface area contributed by atoms with Crippen molar-refractivity contribution in [1.29, 1.82) is 0 Å². The Balaban J connectivity index is 1.68. The molecule has 1 unspecified atom stereocenters. The van der Waals surface area contributed by atoms with Crippen LogP contribution >= 0.6 is 11.3 Å². The van der Waals surface area contributed by atoms with Gasteiger partial charge in [-0.25, -0.2) is 0 Å². The third kappa shape index (κ3) is 4.75. The minimum atomic E-state index is -1.17. The van der Waals surface area contributed by atoms with Gasteiger partial charge in [0, 0.05) is 15.7 Å². The Labute approximate surface area is 179 Å². The van der Waals surface area contributed by atoms with E-state index in [1.54, 1.807) is 25.1 Å². The van der Waals surface area contributed by atoms with Gasteiger partial charge in [0.25, 0.3) is 0 Å². The summed E-state index contributed by atoms with van der Waals surface area (Å²) in [4.78, 5) is 13.1. The summed E-state index contributed by atoms with van der Waals surface area (Å²) in [7, 11) is 4.60. The lowest BCUT2D eigenvalue weighted by atomic mass is 10.0. The van der Waals surface area contributed by atoms with Gasteiger partial charge in [0.15, 0.2) is 11.5 Å². The van der Waals surface area contributed by atoms with Crippen molar-refractivity contribution in [3.8, 4) is 17.2 Å². The van der Waals surface area contributed by atoms with E-state index < -0.39 is 5.60 Å². The van der Waals surface area contributed by atoms with Crippen molar-refractivity contribution >= 4 is 33.4 Å². The molecule has 3 rings (SSSR count). The molecule has 1 amide bonds. The van der Waals surface area contributed by atoms with Crippen LogP contribution < -0.4 is 19.5 Å². The first-order valence-corrected chi connectivity index (χ1v) is 10.2. The van der Waals surface area contributed by atoms with E-state index in [9.17, 15) is 9.90 Å². The normalized spacial score (nSPS) is 13.2. The smallest absolute Gasteiger partial charge is 0.244 e. The number of hydrogen-bond donors (Lipinski definition) is 2. The van der Waals surface area contributed by atoms with Gasteiger partial charge >= 0.3 is 0 Å². The Morgan fingerprint density at radius 3 is 2.37 bits per heavy atom. The number of nitrogens with one attached hydrogen (secondary N) is 1. The second-order valence-corrected chi connectivity index (χ2v) is 8.02. The topological polar surface area (TPSA) is 77.0 Å². The molecule has 0 saturated heterocycles. The molecule has 0 spiro atoms. The van der Waals surface area contributed by atoms with Gasteiger partial charge in [-0.15, -0.1) is 11.3 Å². The molecular formula is C23H25NO5S. The quantitative estimate of drug-likeness (QED) is 0.532. The van der Waals surface area contributed by atoms with Gasteiger partial charge in [-0.3, -0.25) is 4.79 Å². The van der Waals surface area contributed by atoms with Gasteiger partial charge in [-0.2, -0.15) is 0 Å². The SMILES string of the molecule is COc1cc(/C=C/C(=O)NCC(C)(O)c2cc3ccccc3s2)cc(OC)c1OC. The van der Waals surface area contributed by atoms with E-state index in [-0.39, 0.29) is 12.5 Å². The third-order valence-corrected chi connectivity index (χ3v) is 6.05. The molecule has 1 atom stereocenters. The van der Waals surface area contributed by atoms with Gasteiger partial charge in [-0.05, 0) is 48.2 Å². The number of rotatable bonds is 8. The maximum absolute atomic E-state index is 12.3. The molecule has 0 radical (unpaired) electrons. The molecule has 3 aromatic rings. The number of carbonyl (C=O) groups excluding carboxylic acids is 1. The minimum Gasteiger partial charge on any atom is -0.493 e. The predicted octanol–water partition coefficient (Wildman–Crippen LogP) is 3.96. The fourth-order valence-electron chi connectivity index (χ4n) is 3.02. The van der Waals surface area contributed by atoms with E-state index in [2.05, 4.69) is 5.32 Å². The Bertz CT molecular complexity index is 1010. The van der Waals surface area contributed by atoms with Crippen LogP contribution in [0.15, 0.2) is 48.5 Å². The summed E-state index contributed by atoms with van der Waals surface area (Å²) >= 11 is 1.52. The molecule has 0 bridgehead atoms. The van der Waals surface area contributed by atoms with E-state index in [1.165, 1.54) is 38.7 Å². The predicted molar refractivity (Wildman–Crippen MR) is 120 cm³/mol. The number of ether oxygens (including phenoxy) is 3. The number of thiophene rings is 1. The van der Waals surface area contributed by atoms with Crippen LogP contribution in [-0.2, 0) is 10.4 Å².